The number of aliphatic hydroxyl groups is 2. The van der Waals surface area contributed by atoms with Crippen molar-refractivity contribution in [2.24, 2.45) is 0 Å². The molecular formula is C12H13FO5. The first-order valence-electron chi connectivity index (χ1n) is 5.28. The summed E-state index contributed by atoms with van der Waals surface area (Å²) in [7, 11) is 0. The van der Waals surface area contributed by atoms with Crippen molar-refractivity contribution in [1.29, 1.82) is 0 Å². The normalized spacial score (nSPS) is 13.8. The molecule has 98 valence electrons. The molecule has 5 nitrogen and oxygen atoms in total. The van der Waals surface area contributed by atoms with E-state index in [9.17, 15) is 24.2 Å². The first-order chi connectivity index (χ1) is 8.51. The highest BCUT2D eigenvalue weighted by atomic mass is 19.1. The van der Waals surface area contributed by atoms with E-state index in [0.29, 0.717) is 6.29 Å². The topological polar surface area (TPSA) is 83.8 Å². The minimum absolute atomic E-state index is 0.0273. The van der Waals surface area contributed by atoms with Gasteiger partial charge in [-0.15, -0.1) is 0 Å². The summed E-state index contributed by atoms with van der Waals surface area (Å²) in [4.78, 5) is 21.7. The standard InChI is InChI=1S/C12H13FO5/c1-2-18-12(17)11(16)10(15)8-5-7(6-14)3-4-9(8)13/h3-6,10-11,15-16H,2H2,1H3. The highest BCUT2D eigenvalue weighted by molar-refractivity contribution is 5.77. The Kier molecular flexibility index (Phi) is 4.94. The summed E-state index contributed by atoms with van der Waals surface area (Å²) in [5.41, 5.74) is -0.207. The van der Waals surface area contributed by atoms with Crippen molar-refractivity contribution in [3.05, 3.63) is 35.1 Å². The van der Waals surface area contributed by atoms with Gasteiger partial charge < -0.3 is 14.9 Å². The summed E-state index contributed by atoms with van der Waals surface area (Å²) in [6.45, 7) is 1.56. The molecule has 1 aromatic rings. The van der Waals surface area contributed by atoms with Gasteiger partial charge in [-0.05, 0) is 25.1 Å². The second-order valence-electron chi connectivity index (χ2n) is 3.54. The van der Waals surface area contributed by atoms with E-state index in [1.807, 2.05) is 0 Å². The summed E-state index contributed by atoms with van der Waals surface area (Å²) in [6, 6.07) is 3.25. The molecule has 0 saturated heterocycles. The van der Waals surface area contributed by atoms with Gasteiger partial charge in [0.15, 0.2) is 6.10 Å². The summed E-state index contributed by atoms with van der Waals surface area (Å²) in [5.74, 6) is -1.88. The number of carbonyl (C=O) groups is 2. The zero-order valence-corrected chi connectivity index (χ0v) is 9.67. The van der Waals surface area contributed by atoms with E-state index in [1.165, 1.54) is 13.0 Å². The summed E-state index contributed by atoms with van der Waals surface area (Å²) in [6.07, 6.45) is -3.22. The maximum atomic E-state index is 13.4. The third-order valence-electron chi connectivity index (χ3n) is 2.30. The quantitative estimate of drug-likeness (QED) is 0.595. The molecule has 1 rings (SSSR count). The number of aliphatic hydroxyl groups excluding tert-OH is 2. The fourth-order valence-electron chi connectivity index (χ4n) is 1.39. The molecule has 2 unspecified atom stereocenters. The van der Waals surface area contributed by atoms with Crippen LogP contribution in [0.1, 0.15) is 28.9 Å². The lowest BCUT2D eigenvalue weighted by Gasteiger charge is -2.17. The van der Waals surface area contributed by atoms with Crippen LogP contribution in [0.15, 0.2) is 18.2 Å². The maximum Gasteiger partial charge on any atom is 0.338 e. The largest absolute Gasteiger partial charge is 0.464 e. The molecule has 0 aliphatic heterocycles. The van der Waals surface area contributed by atoms with Crippen LogP contribution in [0.4, 0.5) is 4.39 Å². The van der Waals surface area contributed by atoms with Crippen LogP contribution in [0.2, 0.25) is 0 Å². The van der Waals surface area contributed by atoms with Gasteiger partial charge in [-0.3, -0.25) is 4.79 Å². The molecule has 0 aromatic heterocycles. The maximum absolute atomic E-state index is 13.4. The lowest BCUT2D eigenvalue weighted by atomic mass is 10.0. The van der Waals surface area contributed by atoms with Crippen LogP contribution in [0.25, 0.3) is 0 Å². The first-order valence-corrected chi connectivity index (χ1v) is 5.28. The number of ether oxygens (including phenoxy) is 1. The predicted molar refractivity (Wildman–Crippen MR) is 59.4 cm³/mol. The molecule has 0 saturated carbocycles. The number of hydrogen-bond acceptors (Lipinski definition) is 5. The molecule has 0 amide bonds. The van der Waals surface area contributed by atoms with Gasteiger partial charge >= 0.3 is 5.97 Å². The van der Waals surface area contributed by atoms with Crippen molar-refractivity contribution in [1.82, 2.24) is 0 Å². The second kappa shape index (κ2) is 6.23. The van der Waals surface area contributed by atoms with Crippen LogP contribution in [0.3, 0.4) is 0 Å². The molecule has 0 radical (unpaired) electrons. The first kappa shape index (κ1) is 14.3. The van der Waals surface area contributed by atoms with Crippen molar-refractivity contribution in [3.63, 3.8) is 0 Å². The predicted octanol–water partition coefficient (Wildman–Crippen LogP) is 0.596. The van der Waals surface area contributed by atoms with E-state index >= 15 is 0 Å². The third kappa shape index (κ3) is 3.12. The summed E-state index contributed by atoms with van der Waals surface area (Å²) < 4.78 is 17.9. The van der Waals surface area contributed by atoms with Crippen LogP contribution in [-0.2, 0) is 9.53 Å². The average molecular weight is 256 g/mol. The Morgan fingerprint density at radius 2 is 2.17 bits per heavy atom. The van der Waals surface area contributed by atoms with Crippen LogP contribution in [0, 0.1) is 5.82 Å². The van der Waals surface area contributed by atoms with Crippen molar-refractivity contribution < 1.29 is 28.9 Å². The Hall–Kier alpha value is -1.79. The fourth-order valence-corrected chi connectivity index (χ4v) is 1.39. The van der Waals surface area contributed by atoms with Gasteiger partial charge in [-0.2, -0.15) is 0 Å². The highest BCUT2D eigenvalue weighted by Gasteiger charge is 2.29. The Morgan fingerprint density at radius 1 is 1.50 bits per heavy atom. The number of aldehydes is 1. The molecule has 0 aliphatic rings. The van der Waals surface area contributed by atoms with Crippen LogP contribution in [-0.4, -0.2) is 35.2 Å². The fraction of sp³-hybridized carbons (Fsp3) is 0.333. The van der Waals surface area contributed by atoms with Gasteiger partial charge in [0.05, 0.1) is 6.61 Å². The smallest absolute Gasteiger partial charge is 0.338 e. The average Bonchev–Trinajstić information content (AvgIpc) is 2.38. The van der Waals surface area contributed by atoms with E-state index in [2.05, 4.69) is 4.74 Å². The van der Waals surface area contributed by atoms with E-state index in [4.69, 9.17) is 0 Å². The molecule has 6 heteroatoms. The van der Waals surface area contributed by atoms with E-state index < -0.39 is 24.0 Å². The Labute approximate surface area is 103 Å². The van der Waals surface area contributed by atoms with Gasteiger partial charge in [-0.25, -0.2) is 9.18 Å². The lowest BCUT2D eigenvalue weighted by Crippen LogP contribution is -2.30. The van der Waals surface area contributed by atoms with Crippen LogP contribution in [0.5, 0.6) is 0 Å². The monoisotopic (exact) mass is 256 g/mol. The van der Waals surface area contributed by atoms with Crippen LogP contribution < -0.4 is 0 Å². The van der Waals surface area contributed by atoms with Crippen molar-refractivity contribution >= 4 is 12.3 Å². The Balaban J connectivity index is 2.98. The summed E-state index contributed by atoms with van der Waals surface area (Å²) >= 11 is 0. The number of benzene rings is 1. The Bertz CT molecular complexity index is 446. The molecule has 0 heterocycles. The summed E-state index contributed by atoms with van der Waals surface area (Å²) in [5, 5.41) is 19.2. The third-order valence-corrected chi connectivity index (χ3v) is 2.30. The highest BCUT2D eigenvalue weighted by Crippen LogP contribution is 2.22. The molecule has 18 heavy (non-hydrogen) atoms. The molecular weight excluding hydrogens is 243 g/mol. The number of halogens is 1. The SMILES string of the molecule is CCOC(=O)C(O)C(O)c1cc(C=O)ccc1F. The molecule has 2 atom stereocenters. The van der Waals surface area contributed by atoms with Crippen molar-refractivity contribution in [3.8, 4) is 0 Å². The zero-order chi connectivity index (χ0) is 13.7. The molecule has 0 fully saturated rings. The van der Waals surface area contributed by atoms with Crippen LogP contribution >= 0.6 is 0 Å². The van der Waals surface area contributed by atoms with Gasteiger partial charge in [0, 0.05) is 11.1 Å². The number of hydrogen-bond donors (Lipinski definition) is 2. The number of esters is 1. The minimum Gasteiger partial charge on any atom is -0.464 e. The number of rotatable bonds is 5. The zero-order valence-electron chi connectivity index (χ0n) is 9.67. The molecule has 2 N–H and O–H groups in total. The lowest BCUT2D eigenvalue weighted by molar-refractivity contribution is -0.159. The second-order valence-corrected chi connectivity index (χ2v) is 3.54. The van der Waals surface area contributed by atoms with E-state index in [1.54, 1.807) is 0 Å². The molecule has 1 aromatic carbocycles. The van der Waals surface area contributed by atoms with Gasteiger partial charge in [0.25, 0.3) is 0 Å². The van der Waals surface area contributed by atoms with Crippen molar-refractivity contribution in [2.45, 2.75) is 19.1 Å². The molecule has 0 spiro atoms. The van der Waals surface area contributed by atoms with E-state index in [-0.39, 0.29) is 17.7 Å². The van der Waals surface area contributed by atoms with Gasteiger partial charge in [-0.1, -0.05) is 0 Å². The Morgan fingerprint density at radius 3 is 2.72 bits per heavy atom. The molecule has 0 aliphatic carbocycles. The van der Waals surface area contributed by atoms with Gasteiger partial charge in [0.1, 0.15) is 18.2 Å². The molecule has 0 bridgehead atoms. The van der Waals surface area contributed by atoms with Crippen molar-refractivity contribution in [2.75, 3.05) is 6.61 Å². The minimum atomic E-state index is -1.90. The van der Waals surface area contributed by atoms with E-state index in [0.717, 1.165) is 12.1 Å². The van der Waals surface area contributed by atoms with Gasteiger partial charge in [0.2, 0.25) is 0 Å². The number of carbonyl (C=O) groups excluding carboxylic acids is 2.